The van der Waals surface area contributed by atoms with E-state index in [1.807, 2.05) is 72.9 Å². The second-order valence-corrected chi connectivity index (χ2v) is 7.78. The van der Waals surface area contributed by atoms with Gasteiger partial charge in [-0.15, -0.1) is 0 Å². The van der Waals surface area contributed by atoms with Crippen LogP contribution in [0.4, 0.5) is 4.39 Å². The lowest BCUT2D eigenvalue weighted by molar-refractivity contribution is 0.0725. The van der Waals surface area contributed by atoms with Gasteiger partial charge in [0.25, 0.3) is 5.91 Å². The Morgan fingerprint density at radius 1 is 0.871 bits per heavy atom. The largest absolute Gasteiger partial charge is 0.345 e. The lowest BCUT2D eigenvalue weighted by Crippen LogP contribution is -2.31. The van der Waals surface area contributed by atoms with E-state index in [0.717, 1.165) is 16.8 Å². The van der Waals surface area contributed by atoms with Gasteiger partial charge in [-0.05, 0) is 47.5 Å². The Kier molecular flexibility index (Phi) is 6.48. The van der Waals surface area contributed by atoms with Crippen LogP contribution in [0.5, 0.6) is 0 Å². The summed E-state index contributed by atoms with van der Waals surface area (Å²) in [6.45, 7) is 1.42. The van der Waals surface area contributed by atoms with Gasteiger partial charge in [-0.2, -0.15) is 0 Å². The molecule has 0 spiro atoms. The summed E-state index contributed by atoms with van der Waals surface area (Å²) < 4.78 is 15.8. The van der Waals surface area contributed by atoms with Gasteiger partial charge in [0.15, 0.2) is 0 Å². The molecule has 0 fully saturated rings. The molecule has 0 saturated carbocycles. The lowest BCUT2D eigenvalue weighted by atomic mass is 10.1. The highest BCUT2D eigenvalue weighted by Gasteiger charge is 2.19. The number of hydrogen-bond donors (Lipinski definition) is 0. The number of benzene rings is 3. The lowest BCUT2D eigenvalue weighted by Gasteiger charge is -2.24. The quantitative estimate of drug-likeness (QED) is 0.342. The SMILES string of the molecule is O=C(c1cccc(F)c1)N(Cc1ccccc1)Cc1cccn1Cc1ccccc1Cl. The second kappa shape index (κ2) is 9.63. The minimum absolute atomic E-state index is 0.214. The Morgan fingerprint density at radius 2 is 1.65 bits per heavy atom. The summed E-state index contributed by atoms with van der Waals surface area (Å²) in [4.78, 5) is 15.0. The van der Waals surface area contributed by atoms with Gasteiger partial charge >= 0.3 is 0 Å². The number of hydrogen-bond acceptors (Lipinski definition) is 1. The number of nitrogens with zero attached hydrogens (tertiary/aromatic N) is 2. The fourth-order valence-electron chi connectivity index (χ4n) is 3.56. The van der Waals surface area contributed by atoms with Gasteiger partial charge < -0.3 is 9.47 Å². The van der Waals surface area contributed by atoms with E-state index < -0.39 is 5.82 Å². The van der Waals surface area contributed by atoms with E-state index in [9.17, 15) is 9.18 Å². The Bertz CT molecular complexity index is 1170. The van der Waals surface area contributed by atoms with Crippen molar-refractivity contribution in [3.05, 3.63) is 130 Å². The van der Waals surface area contributed by atoms with E-state index in [1.54, 1.807) is 17.0 Å². The predicted octanol–water partition coefficient (Wildman–Crippen LogP) is 6.17. The van der Waals surface area contributed by atoms with Crippen LogP contribution < -0.4 is 0 Å². The maximum atomic E-state index is 13.8. The average molecular weight is 433 g/mol. The smallest absolute Gasteiger partial charge is 0.254 e. The van der Waals surface area contributed by atoms with Crippen LogP contribution in [0.25, 0.3) is 0 Å². The molecule has 0 radical (unpaired) electrons. The molecule has 156 valence electrons. The number of rotatable bonds is 7. The molecule has 0 unspecified atom stereocenters. The molecular weight excluding hydrogens is 411 g/mol. The van der Waals surface area contributed by atoms with Gasteiger partial charge in [0.1, 0.15) is 5.82 Å². The minimum atomic E-state index is -0.424. The molecular formula is C26H22ClFN2O. The molecule has 1 aromatic heterocycles. The molecule has 4 rings (SSSR count). The highest BCUT2D eigenvalue weighted by atomic mass is 35.5. The third kappa shape index (κ3) is 5.22. The van der Waals surface area contributed by atoms with Crippen molar-refractivity contribution in [2.75, 3.05) is 0 Å². The van der Waals surface area contributed by atoms with E-state index in [0.29, 0.717) is 30.2 Å². The number of amides is 1. The molecule has 0 saturated heterocycles. The first kappa shape index (κ1) is 20.9. The summed E-state index contributed by atoms with van der Waals surface area (Å²) in [5.74, 6) is -0.638. The Morgan fingerprint density at radius 3 is 2.42 bits per heavy atom. The first-order valence-corrected chi connectivity index (χ1v) is 10.4. The maximum absolute atomic E-state index is 13.8. The van der Waals surface area contributed by atoms with Crippen molar-refractivity contribution in [3.63, 3.8) is 0 Å². The summed E-state index contributed by atoms with van der Waals surface area (Å²) in [6.07, 6.45) is 1.98. The molecule has 0 N–H and O–H groups in total. The molecule has 1 amide bonds. The normalized spacial score (nSPS) is 10.8. The zero-order valence-electron chi connectivity index (χ0n) is 16.9. The summed E-state index contributed by atoms with van der Waals surface area (Å²) in [6, 6.07) is 27.3. The molecule has 1 heterocycles. The van der Waals surface area contributed by atoms with Crippen LogP contribution in [-0.4, -0.2) is 15.4 Å². The van der Waals surface area contributed by atoms with Crippen molar-refractivity contribution in [2.45, 2.75) is 19.6 Å². The predicted molar refractivity (Wildman–Crippen MR) is 121 cm³/mol. The first-order valence-electron chi connectivity index (χ1n) is 10.1. The molecule has 0 aliphatic carbocycles. The van der Waals surface area contributed by atoms with Crippen molar-refractivity contribution < 1.29 is 9.18 Å². The standard InChI is InChI=1S/C26H22ClFN2O/c27-25-14-5-4-10-22(25)18-29-15-7-13-24(29)19-30(17-20-8-2-1-3-9-20)26(31)21-11-6-12-23(28)16-21/h1-16H,17-19H2. The number of carbonyl (C=O) groups excluding carboxylic acids is 1. The Balaban J connectivity index is 1.61. The van der Waals surface area contributed by atoms with E-state index in [1.165, 1.54) is 12.1 Å². The highest BCUT2D eigenvalue weighted by molar-refractivity contribution is 6.31. The van der Waals surface area contributed by atoms with Gasteiger partial charge in [0, 0.05) is 35.6 Å². The van der Waals surface area contributed by atoms with Crippen molar-refractivity contribution >= 4 is 17.5 Å². The summed E-state index contributed by atoms with van der Waals surface area (Å²) in [5, 5.41) is 0.708. The summed E-state index contributed by atoms with van der Waals surface area (Å²) >= 11 is 6.34. The van der Waals surface area contributed by atoms with Crippen LogP contribution in [0.15, 0.2) is 97.2 Å². The average Bonchev–Trinajstić information content (AvgIpc) is 3.21. The maximum Gasteiger partial charge on any atom is 0.254 e. The van der Waals surface area contributed by atoms with E-state index in [-0.39, 0.29) is 5.91 Å². The van der Waals surface area contributed by atoms with Crippen molar-refractivity contribution in [3.8, 4) is 0 Å². The monoisotopic (exact) mass is 432 g/mol. The number of carbonyl (C=O) groups is 1. The number of halogens is 2. The van der Waals surface area contributed by atoms with Crippen molar-refractivity contribution in [1.29, 1.82) is 0 Å². The number of aromatic nitrogens is 1. The summed E-state index contributed by atoms with van der Waals surface area (Å²) in [5.41, 5.74) is 3.32. The van der Waals surface area contributed by atoms with Gasteiger partial charge in [0.05, 0.1) is 6.54 Å². The second-order valence-electron chi connectivity index (χ2n) is 7.38. The van der Waals surface area contributed by atoms with Crippen molar-refractivity contribution in [1.82, 2.24) is 9.47 Å². The third-order valence-electron chi connectivity index (χ3n) is 5.15. The van der Waals surface area contributed by atoms with Gasteiger partial charge in [-0.1, -0.05) is 66.2 Å². The van der Waals surface area contributed by atoms with Crippen LogP contribution in [0.2, 0.25) is 5.02 Å². The first-order chi connectivity index (χ1) is 15.1. The molecule has 4 aromatic rings. The fraction of sp³-hybridized carbons (Fsp3) is 0.115. The zero-order chi connectivity index (χ0) is 21.6. The van der Waals surface area contributed by atoms with E-state index >= 15 is 0 Å². The van der Waals surface area contributed by atoms with Crippen molar-refractivity contribution in [2.24, 2.45) is 0 Å². The molecule has 3 aromatic carbocycles. The van der Waals surface area contributed by atoms with E-state index in [2.05, 4.69) is 4.57 Å². The molecule has 31 heavy (non-hydrogen) atoms. The molecule has 0 atom stereocenters. The summed E-state index contributed by atoms with van der Waals surface area (Å²) in [7, 11) is 0. The molecule has 0 aliphatic rings. The zero-order valence-corrected chi connectivity index (χ0v) is 17.7. The Labute approximate surface area is 186 Å². The molecule has 0 bridgehead atoms. The Hall–Kier alpha value is -3.37. The van der Waals surface area contributed by atoms with Crippen LogP contribution in [0, 0.1) is 5.82 Å². The van der Waals surface area contributed by atoms with Crippen LogP contribution in [0.3, 0.4) is 0 Å². The highest BCUT2D eigenvalue weighted by Crippen LogP contribution is 2.20. The van der Waals surface area contributed by atoms with Gasteiger partial charge in [0.2, 0.25) is 0 Å². The fourth-order valence-corrected chi connectivity index (χ4v) is 3.76. The third-order valence-corrected chi connectivity index (χ3v) is 5.52. The molecule has 3 nitrogen and oxygen atoms in total. The van der Waals surface area contributed by atoms with Crippen LogP contribution in [-0.2, 0) is 19.6 Å². The molecule has 5 heteroatoms. The van der Waals surface area contributed by atoms with Crippen LogP contribution >= 0.6 is 11.6 Å². The molecule has 0 aliphatic heterocycles. The van der Waals surface area contributed by atoms with Crippen LogP contribution in [0.1, 0.15) is 27.2 Å². The van der Waals surface area contributed by atoms with Gasteiger partial charge in [-0.3, -0.25) is 4.79 Å². The minimum Gasteiger partial charge on any atom is -0.345 e. The van der Waals surface area contributed by atoms with E-state index in [4.69, 9.17) is 11.6 Å². The van der Waals surface area contributed by atoms with Gasteiger partial charge in [-0.25, -0.2) is 4.39 Å². The topological polar surface area (TPSA) is 25.2 Å².